The van der Waals surface area contributed by atoms with Gasteiger partial charge in [0.05, 0.1) is 5.92 Å². The van der Waals surface area contributed by atoms with Gasteiger partial charge in [-0.05, 0) is 13.3 Å². The van der Waals surface area contributed by atoms with Gasteiger partial charge in [0.1, 0.15) is 0 Å². The molecule has 1 rings (SSSR count). The van der Waals surface area contributed by atoms with Gasteiger partial charge in [-0.15, -0.1) is 0 Å². The molecule has 0 aliphatic carbocycles. The van der Waals surface area contributed by atoms with Crippen molar-refractivity contribution in [2.24, 2.45) is 11.7 Å². The monoisotopic (exact) mass is 199 g/mol. The highest BCUT2D eigenvalue weighted by atomic mass is 16.2. The van der Waals surface area contributed by atoms with Gasteiger partial charge in [-0.1, -0.05) is 0 Å². The van der Waals surface area contributed by atoms with E-state index in [4.69, 9.17) is 5.73 Å². The summed E-state index contributed by atoms with van der Waals surface area (Å²) in [5, 5.41) is 5.47. The van der Waals surface area contributed by atoms with E-state index in [0.29, 0.717) is 25.9 Å². The van der Waals surface area contributed by atoms with Crippen molar-refractivity contribution in [3.63, 3.8) is 0 Å². The fourth-order valence-corrected chi connectivity index (χ4v) is 1.38. The van der Waals surface area contributed by atoms with Gasteiger partial charge < -0.3 is 16.4 Å². The van der Waals surface area contributed by atoms with Crippen molar-refractivity contribution in [1.82, 2.24) is 10.6 Å². The number of piperidine rings is 1. The number of amides is 2. The first-order valence-electron chi connectivity index (χ1n) is 4.90. The Morgan fingerprint density at radius 2 is 2.50 bits per heavy atom. The molecule has 80 valence electrons. The Labute approximate surface area is 83.4 Å². The highest BCUT2D eigenvalue weighted by molar-refractivity contribution is 5.83. The Bertz CT molecular complexity index is 220. The lowest BCUT2D eigenvalue weighted by molar-refractivity contribution is -0.129. The lowest BCUT2D eigenvalue weighted by Crippen LogP contribution is -2.46. The van der Waals surface area contributed by atoms with Crippen LogP contribution in [0.5, 0.6) is 0 Å². The molecule has 5 heteroatoms. The molecule has 1 fully saturated rings. The van der Waals surface area contributed by atoms with Gasteiger partial charge in [0.15, 0.2) is 0 Å². The predicted molar refractivity (Wildman–Crippen MR) is 52.4 cm³/mol. The number of hydrogen-bond donors (Lipinski definition) is 3. The van der Waals surface area contributed by atoms with Crippen LogP contribution in [-0.4, -0.2) is 30.9 Å². The smallest absolute Gasteiger partial charge is 0.225 e. The minimum absolute atomic E-state index is 0.000119. The second kappa shape index (κ2) is 4.95. The normalized spacial score (nSPS) is 23.9. The van der Waals surface area contributed by atoms with Gasteiger partial charge in [0, 0.05) is 25.6 Å². The Morgan fingerprint density at radius 1 is 1.79 bits per heavy atom. The molecule has 5 nitrogen and oxygen atoms in total. The van der Waals surface area contributed by atoms with Crippen molar-refractivity contribution in [2.45, 2.75) is 25.8 Å². The van der Waals surface area contributed by atoms with E-state index in [0.717, 1.165) is 0 Å². The molecule has 14 heavy (non-hydrogen) atoms. The Hall–Kier alpha value is -1.10. The molecule has 1 aliphatic rings. The van der Waals surface area contributed by atoms with Crippen molar-refractivity contribution in [3.8, 4) is 0 Å². The van der Waals surface area contributed by atoms with Crippen LogP contribution in [0.15, 0.2) is 0 Å². The average molecular weight is 199 g/mol. The van der Waals surface area contributed by atoms with Crippen molar-refractivity contribution < 1.29 is 9.59 Å². The summed E-state index contributed by atoms with van der Waals surface area (Å²) in [5.74, 6) is -0.0782. The minimum Gasteiger partial charge on any atom is -0.355 e. The molecular formula is C9H17N3O2. The average Bonchev–Trinajstić information content (AvgIpc) is 2.18. The quantitative estimate of drug-likeness (QED) is 0.543. The third-order valence-electron chi connectivity index (χ3n) is 2.38. The number of carbonyl (C=O) groups excluding carboxylic acids is 2. The van der Waals surface area contributed by atoms with Crippen molar-refractivity contribution in [1.29, 1.82) is 0 Å². The molecule has 1 saturated heterocycles. The largest absolute Gasteiger partial charge is 0.355 e. The van der Waals surface area contributed by atoms with Crippen LogP contribution in [0.4, 0.5) is 0 Å². The molecule has 0 aromatic carbocycles. The predicted octanol–water partition coefficient (Wildman–Crippen LogP) is -1.02. The first kappa shape index (κ1) is 11.0. The number of nitrogens with two attached hydrogens (primary N) is 1. The summed E-state index contributed by atoms with van der Waals surface area (Å²) in [6.07, 6.45) is 1.07. The first-order chi connectivity index (χ1) is 6.63. The molecule has 0 saturated carbocycles. The Morgan fingerprint density at radius 3 is 3.00 bits per heavy atom. The third kappa shape index (κ3) is 2.99. The lowest BCUT2D eigenvalue weighted by atomic mass is 9.98. The molecule has 1 aliphatic heterocycles. The van der Waals surface area contributed by atoms with Crippen molar-refractivity contribution >= 4 is 11.8 Å². The summed E-state index contributed by atoms with van der Waals surface area (Å²) < 4.78 is 0. The molecule has 0 bridgehead atoms. The zero-order valence-corrected chi connectivity index (χ0v) is 8.38. The highest BCUT2D eigenvalue weighted by Gasteiger charge is 2.24. The van der Waals surface area contributed by atoms with E-state index in [1.165, 1.54) is 0 Å². The van der Waals surface area contributed by atoms with E-state index in [9.17, 15) is 9.59 Å². The fourth-order valence-electron chi connectivity index (χ4n) is 1.38. The minimum atomic E-state index is -0.0956. The standard InChI is InChI=1S/C9H17N3O2/c1-6(4-10)12-9(14)7-2-3-8(13)11-5-7/h6-7H,2-5,10H2,1H3,(H,11,13)(H,12,14)/t6-,7?/m1/s1. The van der Waals surface area contributed by atoms with Gasteiger partial charge in [-0.3, -0.25) is 9.59 Å². The summed E-state index contributed by atoms with van der Waals surface area (Å²) >= 11 is 0. The number of carbonyl (C=O) groups is 2. The zero-order valence-electron chi connectivity index (χ0n) is 8.38. The first-order valence-corrected chi connectivity index (χ1v) is 4.90. The summed E-state index contributed by atoms with van der Waals surface area (Å²) in [6.45, 7) is 2.74. The molecule has 0 radical (unpaired) electrons. The summed E-state index contributed by atoms with van der Waals surface area (Å²) in [6, 6.07) is 0.000119. The number of nitrogens with one attached hydrogen (secondary N) is 2. The molecule has 2 amide bonds. The summed E-state index contributed by atoms with van der Waals surface area (Å²) in [5.41, 5.74) is 5.39. The number of rotatable bonds is 3. The van der Waals surface area contributed by atoms with E-state index in [-0.39, 0.29) is 23.8 Å². The Balaban J connectivity index is 2.34. The molecule has 0 spiro atoms. The van der Waals surface area contributed by atoms with Crippen LogP contribution in [0.3, 0.4) is 0 Å². The fraction of sp³-hybridized carbons (Fsp3) is 0.778. The van der Waals surface area contributed by atoms with E-state index in [2.05, 4.69) is 10.6 Å². The molecular weight excluding hydrogens is 182 g/mol. The molecule has 4 N–H and O–H groups in total. The number of hydrogen-bond acceptors (Lipinski definition) is 3. The van der Waals surface area contributed by atoms with Crippen molar-refractivity contribution in [3.05, 3.63) is 0 Å². The maximum absolute atomic E-state index is 11.6. The summed E-state index contributed by atoms with van der Waals surface area (Å²) in [7, 11) is 0. The second-order valence-electron chi connectivity index (χ2n) is 3.69. The zero-order chi connectivity index (χ0) is 10.6. The maximum Gasteiger partial charge on any atom is 0.225 e. The van der Waals surface area contributed by atoms with E-state index >= 15 is 0 Å². The second-order valence-corrected chi connectivity index (χ2v) is 3.69. The molecule has 0 aromatic rings. The van der Waals surface area contributed by atoms with Crippen LogP contribution in [0.1, 0.15) is 19.8 Å². The molecule has 1 heterocycles. The molecule has 1 unspecified atom stereocenters. The molecule has 0 aromatic heterocycles. The van der Waals surface area contributed by atoms with Crippen molar-refractivity contribution in [2.75, 3.05) is 13.1 Å². The SMILES string of the molecule is C[C@H](CN)NC(=O)C1CCC(=O)NC1. The van der Waals surface area contributed by atoms with E-state index in [1.807, 2.05) is 6.92 Å². The van der Waals surface area contributed by atoms with Gasteiger partial charge >= 0.3 is 0 Å². The van der Waals surface area contributed by atoms with E-state index < -0.39 is 0 Å². The van der Waals surface area contributed by atoms with Crippen LogP contribution < -0.4 is 16.4 Å². The van der Waals surface area contributed by atoms with Crippen LogP contribution in [0.25, 0.3) is 0 Å². The van der Waals surface area contributed by atoms with Crippen LogP contribution in [0, 0.1) is 5.92 Å². The van der Waals surface area contributed by atoms with Crippen LogP contribution in [0.2, 0.25) is 0 Å². The van der Waals surface area contributed by atoms with Crippen LogP contribution >= 0.6 is 0 Å². The van der Waals surface area contributed by atoms with E-state index in [1.54, 1.807) is 0 Å². The highest BCUT2D eigenvalue weighted by Crippen LogP contribution is 2.10. The summed E-state index contributed by atoms with van der Waals surface area (Å²) in [4.78, 5) is 22.4. The maximum atomic E-state index is 11.6. The molecule has 2 atom stereocenters. The Kier molecular flexibility index (Phi) is 3.88. The third-order valence-corrected chi connectivity index (χ3v) is 2.38. The lowest BCUT2D eigenvalue weighted by Gasteiger charge is -2.23. The van der Waals surface area contributed by atoms with Crippen LogP contribution in [-0.2, 0) is 9.59 Å². The van der Waals surface area contributed by atoms with Gasteiger partial charge in [-0.2, -0.15) is 0 Å². The topological polar surface area (TPSA) is 84.2 Å². The van der Waals surface area contributed by atoms with Gasteiger partial charge in [0.2, 0.25) is 11.8 Å². The van der Waals surface area contributed by atoms with Gasteiger partial charge in [-0.25, -0.2) is 0 Å². The van der Waals surface area contributed by atoms with Gasteiger partial charge in [0.25, 0.3) is 0 Å².